The maximum absolute atomic E-state index is 13.5. The molecule has 2 aromatic carbocycles. The van der Waals surface area contributed by atoms with Crippen molar-refractivity contribution in [1.82, 2.24) is 9.80 Å². The topological polar surface area (TPSA) is 36.7 Å². The Balaban J connectivity index is 1.45. The third kappa shape index (κ3) is 5.36. The maximum atomic E-state index is 13.5. The summed E-state index contributed by atoms with van der Waals surface area (Å²) in [6.45, 7) is 3.89. The van der Waals surface area contributed by atoms with Crippen LogP contribution in [0, 0.1) is 5.92 Å². The summed E-state index contributed by atoms with van der Waals surface area (Å²) in [6.07, 6.45) is 3.68. The van der Waals surface area contributed by atoms with E-state index < -0.39 is 0 Å². The molecule has 1 atom stereocenters. The molecule has 4 nitrogen and oxygen atoms in total. The summed E-state index contributed by atoms with van der Waals surface area (Å²) in [7, 11) is 0. The zero-order valence-electron chi connectivity index (χ0n) is 16.7. The Morgan fingerprint density at radius 1 is 0.931 bits per heavy atom. The van der Waals surface area contributed by atoms with Crippen molar-refractivity contribution in [3.63, 3.8) is 0 Å². The second kappa shape index (κ2) is 9.57. The largest absolute Gasteiger partial charge is 0.467 e. The highest BCUT2D eigenvalue weighted by Crippen LogP contribution is 2.23. The number of hydrogen-bond acceptors (Lipinski definition) is 3. The molecule has 1 aliphatic heterocycles. The first kappa shape index (κ1) is 19.5. The fraction of sp³-hybridized carbons (Fsp3) is 0.320. The average Bonchev–Trinajstić information content (AvgIpc) is 3.28. The van der Waals surface area contributed by atoms with E-state index >= 15 is 0 Å². The summed E-state index contributed by atoms with van der Waals surface area (Å²) in [5.74, 6) is 1.08. The Hall–Kier alpha value is -2.85. The van der Waals surface area contributed by atoms with E-state index in [0.717, 1.165) is 43.8 Å². The van der Waals surface area contributed by atoms with E-state index in [1.54, 1.807) is 6.26 Å². The lowest BCUT2D eigenvalue weighted by atomic mass is 9.95. The van der Waals surface area contributed by atoms with Crippen LogP contribution in [-0.2, 0) is 24.4 Å². The number of carbonyl (C=O) groups is 1. The molecule has 1 aliphatic rings. The van der Waals surface area contributed by atoms with Crippen molar-refractivity contribution in [2.75, 3.05) is 13.1 Å². The van der Waals surface area contributed by atoms with Crippen LogP contribution < -0.4 is 0 Å². The van der Waals surface area contributed by atoms with Gasteiger partial charge in [-0.25, -0.2) is 0 Å². The molecule has 150 valence electrons. The number of amides is 1. The van der Waals surface area contributed by atoms with Crippen molar-refractivity contribution in [3.8, 4) is 0 Å². The second-order valence-corrected chi connectivity index (χ2v) is 7.82. The van der Waals surface area contributed by atoms with Gasteiger partial charge in [0.1, 0.15) is 5.76 Å². The number of nitrogens with zero attached hydrogens (tertiary/aromatic N) is 2. The summed E-state index contributed by atoms with van der Waals surface area (Å²) >= 11 is 0. The van der Waals surface area contributed by atoms with Crippen LogP contribution in [0.15, 0.2) is 83.5 Å². The number of furan rings is 1. The van der Waals surface area contributed by atoms with E-state index in [-0.39, 0.29) is 11.8 Å². The zero-order valence-corrected chi connectivity index (χ0v) is 16.7. The van der Waals surface area contributed by atoms with E-state index in [1.807, 2.05) is 41.3 Å². The highest BCUT2D eigenvalue weighted by Gasteiger charge is 2.29. The Bertz CT molecular complexity index is 878. The molecular weight excluding hydrogens is 360 g/mol. The van der Waals surface area contributed by atoms with Crippen LogP contribution in [0.25, 0.3) is 0 Å². The van der Waals surface area contributed by atoms with E-state index in [4.69, 9.17) is 4.42 Å². The van der Waals surface area contributed by atoms with Gasteiger partial charge in [0.25, 0.3) is 0 Å². The number of piperidine rings is 1. The highest BCUT2D eigenvalue weighted by atomic mass is 16.3. The van der Waals surface area contributed by atoms with Crippen LogP contribution in [0.5, 0.6) is 0 Å². The predicted molar refractivity (Wildman–Crippen MR) is 114 cm³/mol. The molecule has 4 rings (SSSR count). The molecule has 1 fully saturated rings. The Kier molecular flexibility index (Phi) is 6.42. The molecule has 1 aromatic heterocycles. The lowest BCUT2D eigenvalue weighted by Gasteiger charge is -2.35. The van der Waals surface area contributed by atoms with Crippen LogP contribution >= 0.6 is 0 Å². The molecule has 3 aromatic rings. The molecule has 2 heterocycles. The van der Waals surface area contributed by atoms with Crippen LogP contribution in [0.2, 0.25) is 0 Å². The van der Waals surface area contributed by atoms with Gasteiger partial charge < -0.3 is 9.32 Å². The molecule has 0 spiro atoms. The fourth-order valence-electron chi connectivity index (χ4n) is 4.11. The monoisotopic (exact) mass is 388 g/mol. The number of carbonyl (C=O) groups excluding carboxylic acids is 1. The van der Waals surface area contributed by atoms with Crippen molar-refractivity contribution >= 4 is 5.91 Å². The van der Waals surface area contributed by atoms with Gasteiger partial charge in [0, 0.05) is 19.6 Å². The zero-order chi connectivity index (χ0) is 19.9. The minimum atomic E-state index is 0.0335. The molecule has 0 aliphatic carbocycles. The third-order valence-electron chi connectivity index (χ3n) is 5.56. The standard InChI is InChI=1S/C25H28N2O2/c28-25(23-13-7-15-26(19-23)17-21-9-3-1-4-10-21)27(20-24-14-8-16-29-24)18-22-11-5-2-6-12-22/h1-6,8-12,14,16,23H,7,13,15,17-20H2. The van der Waals surface area contributed by atoms with Gasteiger partial charge in [0.15, 0.2) is 0 Å². The fourth-order valence-corrected chi connectivity index (χ4v) is 4.11. The van der Waals surface area contributed by atoms with Crippen molar-refractivity contribution in [2.45, 2.75) is 32.5 Å². The van der Waals surface area contributed by atoms with Crippen LogP contribution in [0.1, 0.15) is 29.7 Å². The molecule has 0 N–H and O–H groups in total. The van der Waals surface area contributed by atoms with Crippen molar-refractivity contribution in [2.24, 2.45) is 5.92 Å². The van der Waals surface area contributed by atoms with Crippen LogP contribution in [0.4, 0.5) is 0 Å². The number of rotatable bonds is 7. The van der Waals surface area contributed by atoms with Gasteiger partial charge in [-0.05, 0) is 42.6 Å². The van der Waals surface area contributed by atoms with Crippen LogP contribution in [0.3, 0.4) is 0 Å². The van der Waals surface area contributed by atoms with E-state index in [2.05, 4.69) is 41.3 Å². The predicted octanol–water partition coefficient (Wildman–Crippen LogP) is 4.72. The van der Waals surface area contributed by atoms with E-state index in [1.165, 1.54) is 5.56 Å². The average molecular weight is 389 g/mol. The van der Waals surface area contributed by atoms with Crippen molar-refractivity contribution in [3.05, 3.63) is 95.9 Å². The first-order chi connectivity index (χ1) is 14.3. The van der Waals surface area contributed by atoms with Gasteiger partial charge >= 0.3 is 0 Å². The molecule has 1 amide bonds. The summed E-state index contributed by atoms with van der Waals surface area (Å²) in [5, 5.41) is 0. The molecular formula is C25H28N2O2. The normalized spacial score (nSPS) is 17.2. The molecule has 0 saturated carbocycles. The minimum absolute atomic E-state index is 0.0335. The molecule has 1 unspecified atom stereocenters. The van der Waals surface area contributed by atoms with Gasteiger partial charge in [-0.3, -0.25) is 9.69 Å². The summed E-state index contributed by atoms with van der Waals surface area (Å²) in [6, 6.07) is 24.5. The van der Waals surface area contributed by atoms with Gasteiger partial charge in [-0.2, -0.15) is 0 Å². The number of likely N-dealkylation sites (tertiary alicyclic amines) is 1. The van der Waals surface area contributed by atoms with Crippen molar-refractivity contribution in [1.29, 1.82) is 0 Å². The van der Waals surface area contributed by atoms with Crippen molar-refractivity contribution < 1.29 is 9.21 Å². The lowest BCUT2D eigenvalue weighted by molar-refractivity contribution is -0.139. The smallest absolute Gasteiger partial charge is 0.227 e. The Morgan fingerprint density at radius 3 is 2.34 bits per heavy atom. The Labute approximate surface area is 172 Å². The SMILES string of the molecule is O=C(C1CCCN(Cc2ccccc2)C1)N(Cc1ccccc1)Cc1ccco1. The second-order valence-electron chi connectivity index (χ2n) is 7.82. The first-order valence-corrected chi connectivity index (χ1v) is 10.4. The summed E-state index contributed by atoms with van der Waals surface area (Å²) in [5.41, 5.74) is 2.45. The van der Waals surface area contributed by atoms with E-state index in [0.29, 0.717) is 13.1 Å². The summed E-state index contributed by atoms with van der Waals surface area (Å²) in [4.78, 5) is 17.8. The number of benzene rings is 2. The summed E-state index contributed by atoms with van der Waals surface area (Å²) < 4.78 is 5.54. The molecule has 0 radical (unpaired) electrons. The highest BCUT2D eigenvalue weighted by molar-refractivity contribution is 5.79. The first-order valence-electron chi connectivity index (χ1n) is 10.4. The van der Waals surface area contributed by atoms with E-state index in [9.17, 15) is 4.79 Å². The molecule has 29 heavy (non-hydrogen) atoms. The quantitative estimate of drug-likeness (QED) is 0.588. The Morgan fingerprint density at radius 2 is 1.66 bits per heavy atom. The van der Waals surface area contributed by atoms with Crippen LogP contribution in [-0.4, -0.2) is 28.8 Å². The van der Waals surface area contributed by atoms with Gasteiger partial charge in [-0.1, -0.05) is 60.7 Å². The molecule has 0 bridgehead atoms. The maximum Gasteiger partial charge on any atom is 0.227 e. The lowest BCUT2D eigenvalue weighted by Crippen LogP contribution is -2.44. The number of hydrogen-bond donors (Lipinski definition) is 0. The molecule has 4 heteroatoms. The van der Waals surface area contributed by atoms with Gasteiger partial charge in [0.2, 0.25) is 5.91 Å². The van der Waals surface area contributed by atoms with Gasteiger partial charge in [0.05, 0.1) is 18.7 Å². The third-order valence-corrected chi connectivity index (χ3v) is 5.56. The molecule has 1 saturated heterocycles. The van der Waals surface area contributed by atoms with Gasteiger partial charge in [-0.15, -0.1) is 0 Å². The minimum Gasteiger partial charge on any atom is -0.467 e.